The fourth-order valence-corrected chi connectivity index (χ4v) is 4.36. The number of nitrogens with two attached hydrogens (primary N) is 1. The summed E-state index contributed by atoms with van der Waals surface area (Å²) in [5.41, 5.74) is 12.8. The Hall–Kier alpha value is -4.01. The van der Waals surface area contributed by atoms with Crippen LogP contribution in [-0.2, 0) is 0 Å². The first-order valence-electron chi connectivity index (χ1n) is 10.2. The van der Waals surface area contributed by atoms with Crippen molar-refractivity contribution in [3.8, 4) is 17.0 Å². The van der Waals surface area contributed by atoms with Gasteiger partial charge in [0.1, 0.15) is 5.75 Å². The first-order chi connectivity index (χ1) is 15.8. The van der Waals surface area contributed by atoms with Crippen molar-refractivity contribution in [3.05, 3.63) is 94.9 Å². The average Bonchev–Trinajstić information content (AvgIpc) is 3.29. The molecule has 4 rings (SSSR count). The number of carbonyl (C=O) groups excluding carboxylic acids is 2. The number of benzene rings is 3. The molecule has 7 nitrogen and oxygen atoms in total. The summed E-state index contributed by atoms with van der Waals surface area (Å²) in [5, 5.41) is 11.9. The highest BCUT2D eigenvalue weighted by molar-refractivity contribution is 7.14. The Kier molecular flexibility index (Phi) is 5.95. The maximum Gasteiger partial charge on any atom is 0.451 e. The van der Waals surface area contributed by atoms with Crippen LogP contribution in [0, 0.1) is 13.8 Å². The third-order valence-electron chi connectivity index (χ3n) is 5.26. The highest BCUT2D eigenvalue weighted by Gasteiger charge is 2.46. The Balaban J connectivity index is 1.85. The van der Waals surface area contributed by atoms with Crippen LogP contribution >= 0.6 is 11.3 Å². The molecule has 1 heterocycles. The summed E-state index contributed by atoms with van der Waals surface area (Å²) < 4.78 is -0.781. The molecule has 0 aliphatic carbocycles. The number of hydrogen-bond donors (Lipinski definition) is 3. The van der Waals surface area contributed by atoms with E-state index in [9.17, 15) is 14.7 Å². The molecule has 0 aliphatic heterocycles. The number of amides is 3. The predicted molar refractivity (Wildman–Crippen MR) is 130 cm³/mol. The van der Waals surface area contributed by atoms with Gasteiger partial charge in [0.05, 0.1) is 5.69 Å². The highest BCUT2D eigenvalue weighted by atomic mass is 32.1. The zero-order valence-corrected chi connectivity index (χ0v) is 19.0. The summed E-state index contributed by atoms with van der Waals surface area (Å²) in [6.45, 7) is 3.85. The maximum atomic E-state index is 13.2. The van der Waals surface area contributed by atoms with Gasteiger partial charge in [-0.15, -0.1) is 0 Å². The third-order valence-corrected chi connectivity index (χ3v) is 6.17. The molecule has 3 amide bonds. The number of primary amides is 1. The lowest BCUT2D eigenvalue weighted by molar-refractivity contribution is 0.0881. The first kappa shape index (κ1) is 22.2. The lowest BCUT2D eigenvalue weighted by atomic mass is 10.1. The smallest absolute Gasteiger partial charge is 0.451 e. The Morgan fingerprint density at radius 2 is 1.61 bits per heavy atom. The van der Waals surface area contributed by atoms with E-state index in [2.05, 4.69) is 10.4 Å². The molecular weight excluding hydrogens is 436 g/mol. The van der Waals surface area contributed by atoms with Gasteiger partial charge in [0, 0.05) is 28.6 Å². The summed E-state index contributed by atoms with van der Waals surface area (Å²) in [7, 11) is 0. The number of aromatic hydroxyl groups is 1. The number of quaternary nitrogens is 1. The van der Waals surface area contributed by atoms with Crippen LogP contribution < -0.4 is 15.8 Å². The number of carbonyl (C=O) groups is 2. The fourth-order valence-electron chi connectivity index (χ4n) is 3.41. The van der Waals surface area contributed by atoms with E-state index in [-0.39, 0.29) is 10.9 Å². The van der Waals surface area contributed by atoms with Crippen LogP contribution in [0.2, 0.25) is 0 Å². The quantitative estimate of drug-likeness (QED) is 0.288. The molecule has 0 bridgehead atoms. The van der Waals surface area contributed by atoms with E-state index in [0.717, 1.165) is 11.1 Å². The van der Waals surface area contributed by atoms with Crippen LogP contribution in [0.5, 0.6) is 5.75 Å². The predicted octanol–water partition coefficient (Wildman–Crippen LogP) is 5.20. The molecule has 1 atom stereocenters. The molecule has 33 heavy (non-hydrogen) atoms. The number of thiazole rings is 1. The minimum atomic E-state index is -0.809. The lowest BCUT2D eigenvalue weighted by Crippen LogP contribution is -2.63. The maximum absolute atomic E-state index is 13.2. The minimum absolute atomic E-state index is 0.101. The molecule has 0 radical (unpaired) electrons. The second-order valence-electron chi connectivity index (χ2n) is 7.72. The van der Waals surface area contributed by atoms with Crippen molar-refractivity contribution in [1.82, 2.24) is 15.0 Å². The van der Waals surface area contributed by atoms with Gasteiger partial charge in [-0.05, 0) is 42.7 Å². The average molecular weight is 460 g/mol. The molecule has 4 N–H and O–H groups in total. The molecule has 0 fully saturated rings. The van der Waals surface area contributed by atoms with E-state index in [1.54, 1.807) is 53.9 Å². The van der Waals surface area contributed by atoms with E-state index in [1.807, 2.05) is 38.1 Å². The number of nitrogens with one attached hydrogen (secondary N) is 1. The number of nitrogens with zero attached hydrogens (tertiary/aromatic N) is 2. The Bertz CT molecular complexity index is 1320. The van der Waals surface area contributed by atoms with E-state index in [1.165, 1.54) is 11.3 Å². The van der Waals surface area contributed by atoms with Gasteiger partial charge < -0.3 is 10.8 Å². The molecular formula is C25H23N4O3S+. The van der Waals surface area contributed by atoms with E-state index in [4.69, 9.17) is 5.73 Å². The number of rotatable bonds is 4. The van der Waals surface area contributed by atoms with Crippen molar-refractivity contribution in [2.24, 2.45) is 5.73 Å². The Labute approximate surface area is 195 Å². The van der Waals surface area contributed by atoms with Gasteiger partial charge >= 0.3 is 11.2 Å². The molecule has 0 aliphatic rings. The normalized spacial score (nSPS) is 12.7. The lowest BCUT2D eigenvalue weighted by Gasteiger charge is -2.29. The molecule has 3 aromatic carbocycles. The van der Waals surface area contributed by atoms with Crippen molar-refractivity contribution >= 4 is 34.1 Å². The monoisotopic (exact) mass is 459 g/mol. The number of hydrogen-bond acceptors (Lipinski definition) is 5. The van der Waals surface area contributed by atoms with Gasteiger partial charge in [0.2, 0.25) is 0 Å². The highest BCUT2D eigenvalue weighted by Crippen LogP contribution is 2.38. The molecule has 1 aromatic heterocycles. The zero-order chi connectivity index (χ0) is 23.6. The molecule has 0 saturated heterocycles. The van der Waals surface area contributed by atoms with Gasteiger partial charge in [0.15, 0.2) is 5.69 Å². The van der Waals surface area contributed by atoms with Crippen molar-refractivity contribution in [1.29, 1.82) is 0 Å². The Morgan fingerprint density at radius 1 is 0.970 bits per heavy atom. The van der Waals surface area contributed by atoms with Crippen LogP contribution in [0.25, 0.3) is 11.3 Å². The second-order valence-corrected chi connectivity index (χ2v) is 8.55. The van der Waals surface area contributed by atoms with Gasteiger partial charge in [-0.3, -0.25) is 4.79 Å². The van der Waals surface area contributed by atoms with Crippen molar-refractivity contribution in [2.45, 2.75) is 13.8 Å². The van der Waals surface area contributed by atoms with Crippen molar-refractivity contribution < 1.29 is 14.7 Å². The van der Waals surface area contributed by atoms with Crippen LogP contribution in [0.15, 0.2) is 78.2 Å². The minimum Gasteiger partial charge on any atom is -0.508 e. The van der Waals surface area contributed by atoms with Gasteiger partial charge in [-0.1, -0.05) is 58.9 Å². The van der Waals surface area contributed by atoms with Gasteiger partial charge in [0.25, 0.3) is 5.91 Å². The topological polar surface area (TPSA) is 105 Å². The first-order valence-corrected chi connectivity index (χ1v) is 11.1. The summed E-state index contributed by atoms with van der Waals surface area (Å²) in [6.07, 6.45) is 0. The number of phenols is 1. The molecule has 166 valence electrons. The SMILES string of the molecule is Cc1ccc(C(=O)N[N+](C(N)=O)(c2ccc(C)cc2)c2nc(-c3cccc(O)c3)cs2)cc1. The van der Waals surface area contributed by atoms with Crippen LogP contribution in [-0.4, -0.2) is 22.0 Å². The van der Waals surface area contributed by atoms with Crippen molar-refractivity contribution in [2.75, 3.05) is 0 Å². The number of phenolic OH excluding ortho intramolecular Hbond substituents is 1. The summed E-state index contributed by atoms with van der Waals surface area (Å²) in [6, 6.07) is 20.0. The van der Waals surface area contributed by atoms with E-state index < -0.39 is 16.5 Å². The van der Waals surface area contributed by atoms with Gasteiger partial charge in [-0.2, -0.15) is 10.4 Å². The fraction of sp³-hybridized carbons (Fsp3) is 0.0800. The number of aromatic nitrogens is 1. The standard InChI is InChI=1S/C25H22N4O3S/c1-16-6-10-18(11-7-16)23(31)28-29(24(26)32,20-12-8-17(2)9-13-20)25-27-22(15-33-25)19-4-3-5-21(30)14-19/h3-15H,1-2H3,(H3-,26,28,30,31,32)/p+1. The van der Waals surface area contributed by atoms with Crippen LogP contribution in [0.4, 0.5) is 15.6 Å². The van der Waals surface area contributed by atoms with E-state index in [0.29, 0.717) is 22.5 Å². The molecule has 8 heteroatoms. The third kappa shape index (κ3) is 4.34. The number of urea groups is 1. The summed E-state index contributed by atoms with van der Waals surface area (Å²) in [4.78, 5) is 30.9. The molecule has 1 unspecified atom stereocenters. The largest absolute Gasteiger partial charge is 0.508 e. The molecule has 0 saturated carbocycles. The van der Waals surface area contributed by atoms with Crippen molar-refractivity contribution in [3.63, 3.8) is 0 Å². The van der Waals surface area contributed by atoms with Crippen LogP contribution in [0.3, 0.4) is 0 Å². The summed E-state index contributed by atoms with van der Waals surface area (Å²) in [5.74, 6) is -0.368. The zero-order valence-electron chi connectivity index (χ0n) is 18.1. The van der Waals surface area contributed by atoms with E-state index >= 15 is 0 Å². The van der Waals surface area contributed by atoms with Gasteiger partial charge in [-0.25, -0.2) is 4.79 Å². The number of aryl methyl sites for hydroxylation is 2. The second kappa shape index (κ2) is 8.85. The molecule has 4 aromatic rings. The van der Waals surface area contributed by atoms with Crippen LogP contribution in [0.1, 0.15) is 21.5 Å². The summed E-state index contributed by atoms with van der Waals surface area (Å²) >= 11 is 1.19. The Morgan fingerprint density at radius 3 is 2.21 bits per heavy atom. The molecule has 0 spiro atoms.